The van der Waals surface area contributed by atoms with E-state index < -0.39 is 0 Å². The second kappa shape index (κ2) is 7.45. The quantitative estimate of drug-likeness (QED) is 0.536. The van der Waals surface area contributed by atoms with E-state index in [4.69, 9.17) is 26.2 Å². The molecule has 2 heterocycles. The van der Waals surface area contributed by atoms with Crippen molar-refractivity contribution < 1.29 is 9.47 Å². The standard InChI is InChI=1S/C24H21ClN2O2/c1-2-28-22-10-6-9-19-21-15-20(16-7-4-3-5-8-16)26-27(21)24(29-23(19)22)17-11-13-18(25)14-12-17/h3-14,21,24H,2,15H2,1H3/t21-,24-/m1/s1. The van der Waals surface area contributed by atoms with Gasteiger partial charge >= 0.3 is 0 Å². The van der Waals surface area contributed by atoms with Gasteiger partial charge in [0.1, 0.15) is 0 Å². The molecule has 3 aromatic carbocycles. The minimum Gasteiger partial charge on any atom is -0.490 e. The average molecular weight is 405 g/mol. The summed E-state index contributed by atoms with van der Waals surface area (Å²) >= 11 is 6.11. The number of halogens is 1. The maximum absolute atomic E-state index is 6.49. The van der Waals surface area contributed by atoms with Crippen LogP contribution in [-0.2, 0) is 0 Å². The molecule has 0 spiro atoms. The van der Waals surface area contributed by atoms with Crippen molar-refractivity contribution in [3.63, 3.8) is 0 Å². The third kappa shape index (κ3) is 3.23. The second-order valence-electron chi connectivity index (χ2n) is 7.14. The van der Waals surface area contributed by atoms with Gasteiger partial charge in [0.05, 0.1) is 18.4 Å². The molecule has 146 valence electrons. The van der Waals surface area contributed by atoms with Crippen LogP contribution in [0.5, 0.6) is 11.5 Å². The van der Waals surface area contributed by atoms with E-state index >= 15 is 0 Å². The van der Waals surface area contributed by atoms with E-state index in [2.05, 4.69) is 23.2 Å². The SMILES string of the molecule is CCOc1cccc2c1O[C@H](c1ccc(Cl)cc1)N1N=C(c3ccccc3)C[C@H]21. The van der Waals surface area contributed by atoms with Crippen LogP contribution in [0.4, 0.5) is 0 Å². The number of rotatable bonds is 4. The number of para-hydroxylation sites is 1. The fourth-order valence-corrected chi connectivity index (χ4v) is 4.13. The molecule has 5 heteroatoms. The van der Waals surface area contributed by atoms with Crippen LogP contribution in [0.1, 0.15) is 42.3 Å². The largest absolute Gasteiger partial charge is 0.490 e. The molecule has 0 amide bonds. The van der Waals surface area contributed by atoms with Crippen LogP contribution in [0, 0.1) is 0 Å². The van der Waals surface area contributed by atoms with Gasteiger partial charge in [-0.2, -0.15) is 5.10 Å². The Morgan fingerprint density at radius 3 is 2.59 bits per heavy atom. The van der Waals surface area contributed by atoms with Crippen molar-refractivity contribution in [2.75, 3.05) is 6.61 Å². The predicted octanol–water partition coefficient (Wildman–Crippen LogP) is 5.98. The lowest BCUT2D eigenvalue weighted by Gasteiger charge is -2.38. The minimum atomic E-state index is -0.340. The molecule has 29 heavy (non-hydrogen) atoms. The number of hydrogen-bond donors (Lipinski definition) is 0. The zero-order valence-electron chi connectivity index (χ0n) is 16.1. The number of nitrogens with zero attached hydrogens (tertiary/aromatic N) is 2. The van der Waals surface area contributed by atoms with Gasteiger partial charge in [-0.25, -0.2) is 5.01 Å². The summed E-state index contributed by atoms with van der Waals surface area (Å²) in [6.45, 7) is 2.57. The van der Waals surface area contributed by atoms with Crippen molar-refractivity contribution in [2.24, 2.45) is 5.10 Å². The van der Waals surface area contributed by atoms with E-state index in [1.54, 1.807) is 0 Å². The molecule has 0 saturated carbocycles. The van der Waals surface area contributed by atoms with Gasteiger partial charge in [0.15, 0.2) is 11.5 Å². The molecule has 0 unspecified atom stereocenters. The zero-order chi connectivity index (χ0) is 19.8. The van der Waals surface area contributed by atoms with E-state index in [0.29, 0.717) is 11.6 Å². The van der Waals surface area contributed by atoms with Gasteiger partial charge in [0.25, 0.3) is 0 Å². The highest BCUT2D eigenvalue weighted by Gasteiger charge is 2.42. The molecule has 2 aliphatic rings. The molecule has 2 atom stereocenters. The first-order chi connectivity index (χ1) is 14.2. The summed E-state index contributed by atoms with van der Waals surface area (Å²) in [5.41, 5.74) is 4.32. The Balaban J connectivity index is 1.61. The fourth-order valence-electron chi connectivity index (χ4n) is 4.01. The zero-order valence-corrected chi connectivity index (χ0v) is 16.8. The lowest BCUT2D eigenvalue weighted by molar-refractivity contribution is -0.0212. The van der Waals surface area contributed by atoms with Gasteiger partial charge in [0.2, 0.25) is 6.23 Å². The molecule has 5 rings (SSSR count). The molecule has 0 N–H and O–H groups in total. The summed E-state index contributed by atoms with van der Waals surface area (Å²) in [6, 6.07) is 24.3. The van der Waals surface area contributed by atoms with E-state index in [9.17, 15) is 0 Å². The van der Waals surface area contributed by atoms with Crippen molar-refractivity contribution >= 4 is 17.3 Å². The lowest BCUT2D eigenvalue weighted by atomic mass is 9.95. The number of fused-ring (bicyclic) bond motifs is 3. The van der Waals surface area contributed by atoms with Crippen LogP contribution in [0.2, 0.25) is 5.02 Å². The molecule has 2 aliphatic heterocycles. The van der Waals surface area contributed by atoms with Crippen LogP contribution in [0.15, 0.2) is 77.9 Å². The first kappa shape index (κ1) is 18.1. The summed E-state index contributed by atoms with van der Waals surface area (Å²) in [7, 11) is 0. The minimum absolute atomic E-state index is 0.0926. The Bertz CT molecular complexity index is 1050. The molecular formula is C24H21ClN2O2. The Labute approximate surface area is 175 Å². The molecule has 3 aromatic rings. The number of hydrazone groups is 1. The molecule has 0 radical (unpaired) electrons. The second-order valence-corrected chi connectivity index (χ2v) is 7.58. The first-order valence-electron chi connectivity index (χ1n) is 9.83. The summed E-state index contributed by atoms with van der Waals surface area (Å²) in [5, 5.41) is 7.76. The van der Waals surface area contributed by atoms with Gasteiger partial charge in [-0.05, 0) is 30.7 Å². The highest BCUT2D eigenvalue weighted by molar-refractivity contribution is 6.30. The molecule has 0 fully saturated rings. The first-order valence-corrected chi connectivity index (χ1v) is 10.2. The highest BCUT2D eigenvalue weighted by atomic mass is 35.5. The van der Waals surface area contributed by atoms with Crippen LogP contribution in [0.3, 0.4) is 0 Å². The van der Waals surface area contributed by atoms with Crippen molar-refractivity contribution in [2.45, 2.75) is 25.6 Å². The van der Waals surface area contributed by atoms with Gasteiger partial charge in [-0.1, -0.05) is 66.2 Å². The van der Waals surface area contributed by atoms with Gasteiger partial charge in [-0.15, -0.1) is 0 Å². The van der Waals surface area contributed by atoms with E-state index in [1.807, 2.05) is 61.5 Å². The smallest absolute Gasteiger partial charge is 0.214 e. The van der Waals surface area contributed by atoms with Crippen molar-refractivity contribution in [1.82, 2.24) is 5.01 Å². The molecule has 0 aromatic heterocycles. The molecule has 0 aliphatic carbocycles. The van der Waals surface area contributed by atoms with Gasteiger partial charge in [0, 0.05) is 22.6 Å². The number of hydrogen-bond acceptors (Lipinski definition) is 4. The molecule has 0 saturated heterocycles. The van der Waals surface area contributed by atoms with Crippen molar-refractivity contribution in [3.05, 3.63) is 94.5 Å². The van der Waals surface area contributed by atoms with Crippen molar-refractivity contribution in [3.8, 4) is 11.5 Å². The van der Waals surface area contributed by atoms with E-state index in [-0.39, 0.29) is 12.3 Å². The Hall–Kier alpha value is -2.98. The maximum Gasteiger partial charge on any atom is 0.214 e. The third-order valence-electron chi connectivity index (χ3n) is 5.34. The van der Waals surface area contributed by atoms with E-state index in [0.717, 1.165) is 40.3 Å². The summed E-state index contributed by atoms with van der Waals surface area (Å²) in [5.74, 6) is 1.58. The summed E-state index contributed by atoms with van der Waals surface area (Å²) in [6.07, 6.45) is 0.479. The lowest BCUT2D eigenvalue weighted by Crippen LogP contribution is -2.33. The molecule has 0 bridgehead atoms. The monoisotopic (exact) mass is 404 g/mol. The molecular weight excluding hydrogens is 384 g/mol. The highest BCUT2D eigenvalue weighted by Crippen LogP contribution is 2.50. The van der Waals surface area contributed by atoms with Crippen molar-refractivity contribution in [1.29, 1.82) is 0 Å². The Morgan fingerprint density at radius 2 is 1.83 bits per heavy atom. The van der Waals surface area contributed by atoms with Gasteiger partial charge in [-0.3, -0.25) is 0 Å². The topological polar surface area (TPSA) is 34.1 Å². The Kier molecular flexibility index (Phi) is 4.64. The number of ether oxygens (including phenoxy) is 2. The third-order valence-corrected chi connectivity index (χ3v) is 5.59. The normalized spacial score (nSPS) is 19.8. The number of benzene rings is 3. The summed E-state index contributed by atoms with van der Waals surface area (Å²) < 4.78 is 12.4. The predicted molar refractivity (Wildman–Crippen MR) is 115 cm³/mol. The Morgan fingerprint density at radius 1 is 1.03 bits per heavy atom. The van der Waals surface area contributed by atoms with Crippen LogP contribution >= 0.6 is 11.6 Å². The van der Waals surface area contributed by atoms with E-state index in [1.165, 1.54) is 0 Å². The molecule has 4 nitrogen and oxygen atoms in total. The average Bonchev–Trinajstić information content (AvgIpc) is 3.21. The summed E-state index contributed by atoms with van der Waals surface area (Å²) in [4.78, 5) is 0. The maximum atomic E-state index is 6.49. The van der Waals surface area contributed by atoms with Crippen LogP contribution in [0.25, 0.3) is 0 Å². The van der Waals surface area contributed by atoms with Gasteiger partial charge < -0.3 is 9.47 Å². The fraction of sp³-hybridized carbons (Fsp3) is 0.208. The van der Waals surface area contributed by atoms with Crippen LogP contribution in [-0.4, -0.2) is 17.3 Å². The van der Waals surface area contributed by atoms with Crippen LogP contribution < -0.4 is 9.47 Å².